The van der Waals surface area contributed by atoms with E-state index >= 15 is 0 Å². The topological polar surface area (TPSA) is 55.6 Å². The van der Waals surface area contributed by atoms with Gasteiger partial charge in [0.2, 0.25) is 5.91 Å². The first-order valence-corrected chi connectivity index (χ1v) is 6.67. The zero-order chi connectivity index (χ0) is 12.7. The lowest BCUT2D eigenvalue weighted by Gasteiger charge is -2.36. The number of methoxy groups -OCH3 is 1. The van der Waals surface area contributed by atoms with Crippen LogP contribution in [0.3, 0.4) is 0 Å². The fraction of sp³-hybridized carbons (Fsp3) is 0.923. The molecule has 0 saturated carbocycles. The van der Waals surface area contributed by atoms with Crippen LogP contribution >= 0.6 is 0 Å². The summed E-state index contributed by atoms with van der Waals surface area (Å²) in [4.78, 5) is 14.2. The molecule has 1 amide bonds. The van der Waals surface area contributed by atoms with Gasteiger partial charge in [0.1, 0.15) is 0 Å². The summed E-state index contributed by atoms with van der Waals surface area (Å²) in [5, 5.41) is 0. The summed E-state index contributed by atoms with van der Waals surface area (Å²) in [5.74, 6) is 0.570. The molecule has 1 heterocycles. The molecule has 1 rings (SSSR count). The Morgan fingerprint density at radius 1 is 1.53 bits per heavy atom. The first-order chi connectivity index (χ1) is 8.19. The monoisotopic (exact) mass is 242 g/mol. The van der Waals surface area contributed by atoms with Gasteiger partial charge in [-0.1, -0.05) is 6.92 Å². The minimum atomic E-state index is 0.271. The van der Waals surface area contributed by atoms with E-state index in [1.165, 1.54) is 6.42 Å². The van der Waals surface area contributed by atoms with Crippen LogP contribution in [0.5, 0.6) is 0 Å². The van der Waals surface area contributed by atoms with Crippen molar-refractivity contribution in [1.29, 1.82) is 0 Å². The Balaban J connectivity index is 2.46. The number of nitrogens with zero attached hydrogens (tertiary/aromatic N) is 1. The summed E-state index contributed by atoms with van der Waals surface area (Å²) in [6.45, 7) is 4.29. The SMILES string of the molecule is COCC(C)CC(=O)N1CCCCC1CCN. The Bertz CT molecular complexity index is 231. The Labute approximate surface area is 104 Å². The molecule has 0 spiro atoms. The molecular formula is C13H26N2O2. The molecule has 0 aliphatic carbocycles. The van der Waals surface area contributed by atoms with Gasteiger partial charge in [-0.05, 0) is 38.1 Å². The lowest BCUT2D eigenvalue weighted by molar-refractivity contribution is -0.136. The Hall–Kier alpha value is -0.610. The fourth-order valence-corrected chi connectivity index (χ4v) is 2.58. The van der Waals surface area contributed by atoms with Gasteiger partial charge in [-0.15, -0.1) is 0 Å². The molecule has 4 heteroatoms. The summed E-state index contributed by atoms with van der Waals surface area (Å²) in [6, 6.07) is 0.371. The number of carbonyl (C=O) groups excluding carboxylic acids is 1. The minimum Gasteiger partial charge on any atom is -0.384 e. The molecule has 2 N–H and O–H groups in total. The Kier molecular flexibility index (Phi) is 6.52. The van der Waals surface area contributed by atoms with Crippen LogP contribution in [0.1, 0.15) is 39.0 Å². The van der Waals surface area contributed by atoms with Crippen molar-refractivity contribution in [1.82, 2.24) is 4.90 Å². The number of likely N-dealkylation sites (tertiary alicyclic amines) is 1. The molecule has 0 radical (unpaired) electrons. The van der Waals surface area contributed by atoms with E-state index in [2.05, 4.69) is 6.92 Å². The third-order valence-electron chi connectivity index (χ3n) is 3.42. The second kappa shape index (κ2) is 7.67. The van der Waals surface area contributed by atoms with Gasteiger partial charge in [0.15, 0.2) is 0 Å². The average molecular weight is 242 g/mol. The van der Waals surface area contributed by atoms with Crippen LogP contribution in [0, 0.1) is 5.92 Å². The first-order valence-electron chi connectivity index (χ1n) is 6.67. The van der Waals surface area contributed by atoms with Crippen LogP contribution in [-0.4, -0.2) is 43.7 Å². The van der Waals surface area contributed by atoms with Crippen LogP contribution in [0.15, 0.2) is 0 Å². The van der Waals surface area contributed by atoms with Crippen molar-refractivity contribution in [2.24, 2.45) is 11.7 Å². The van der Waals surface area contributed by atoms with E-state index in [9.17, 15) is 4.79 Å². The van der Waals surface area contributed by atoms with Crippen LogP contribution in [-0.2, 0) is 9.53 Å². The van der Waals surface area contributed by atoms with Crippen molar-refractivity contribution in [3.05, 3.63) is 0 Å². The third-order valence-corrected chi connectivity index (χ3v) is 3.42. The molecule has 0 aromatic heterocycles. The average Bonchev–Trinajstić information content (AvgIpc) is 2.30. The first kappa shape index (κ1) is 14.5. The van der Waals surface area contributed by atoms with E-state index < -0.39 is 0 Å². The van der Waals surface area contributed by atoms with Crippen molar-refractivity contribution in [3.8, 4) is 0 Å². The van der Waals surface area contributed by atoms with Crippen molar-refractivity contribution in [2.75, 3.05) is 26.8 Å². The number of amides is 1. The normalized spacial score (nSPS) is 22.5. The Morgan fingerprint density at radius 3 is 2.94 bits per heavy atom. The highest BCUT2D eigenvalue weighted by molar-refractivity contribution is 5.76. The highest BCUT2D eigenvalue weighted by atomic mass is 16.5. The molecule has 17 heavy (non-hydrogen) atoms. The molecule has 1 aliphatic rings. The third kappa shape index (κ3) is 4.64. The summed E-state index contributed by atoms with van der Waals surface area (Å²) in [6.07, 6.45) is 4.99. The van der Waals surface area contributed by atoms with Crippen LogP contribution in [0.4, 0.5) is 0 Å². The molecule has 2 unspecified atom stereocenters. The number of piperidine rings is 1. The van der Waals surface area contributed by atoms with E-state index in [1.54, 1.807) is 7.11 Å². The lowest BCUT2D eigenvalue weighted by atomic mass is 9.97. The number of nitrogens with two attached hydrogens (primary N) is 1. The van der Waals surface area contributed by atoms with Gasteiger partial charge in [0, 0.05) is 32.7 Å². The largest absolute Gasteiger partial charge is 0.384 e. The standard InChI is InChI=1S/C13H26N2O2/c1-11(10-17-2)9-13(16)15-8-4-3-5-12(15)6-7-14/h11-12H,3-10,14H2,1-2H3. The van der Waals surface area contributed by atoms with Crippen LogP contribution in [0.2, 0.25) is 0 Å². The molecule has 1 saturated heterocycles. The molecule has 100 valence electrons. The summed E-state index contributed by atoms with van der Waals surface area (Å²) in [5.41, 5.74) is 5.61. The van der Waals surface area contributed by atoms with E-state index in [0.717, 1.165) is 25.8 Å². The molecule has 4 nitrogen and oxygen atoms in total. The van der Waals surface area contributed by atoms with Crippen molar-refractivity contribution >= 4 is 5.91 Å². The molecule has 1 aliphatic heterocycles. The number of hydrogen-bond acceptors (Lipinski definition) is 3. The minimum absolute atomic E-state index is 0.271. The van der Waals surface area contributed by atoms with Crippen LogP contribution < -0.4 is 5.73 Å². The second-order valence-electron chi connectivity index (χ2n) is 5.08. The van der Waals surface area contributed by atoms with E-state index in [0.29, 0.717) is 31.5 Å². The van der Waals surface area contributed by atoms with Gasteiger partial charge in [-0.2, -0.15) is 0 Å². The highest BCUT2D eigenvalue weighted by Gasteiger charge is 2.26. The molecule has 0 aromatic rings. The summed E-state index contributed by atoms with van der Waals surface area (Å²) < 4.78 is 5.08. The lowest BCUT2D eigenvalue weighted by Crippen LogP contribution is -2.45. The maximum absolute atomic E-state index is 12.2. The number of ether oxygens (including phenoxy) is 1. The van der Waals surface area contributed by atoms with E-state index in [4.69, 9.17) is 10.5 Å². The van der Waals surface area contributed by atoms with Crippen LogP contribution in [0.25, 0.3) is 0 Å². The van der Waals surface area contributed by atoms with Gasteiger partial charge in [0.05, 0.1) is 0 Å². The van der Waals surface area contributed by atoms with Gasteiger partial charge >= 0.3 is 0 Å². The van der Waals surface area contributed by atoms with Gasteiger partial charge in [0.25, 0.3) is 0 Å². The predicted molar refractivity (Wildman–Crippen MR) is 68.7 cm³/mol. The predicted octanol–water partition coefficient (Wildman–Crippen LogP) is 1.39. The number of carbonyl (C=O) groups is 1. The van der Waals surface area contributed by atoms with Crippen molar-refractivity contribution in [2.45, 2.75) is 45.1 Å². The van der Waals surface area contributed by atoms with Gasteiger partial charge < -0.3 is 15.4 Å². The smallest absolute Gasteiger partial charge is 0.223 e. The molecular weight excluding hydrogens is 216 g/mol. The highest BCUT2D eigenvalue weighted by Crippen LogP contribution is 2.21. The zero-order valence-electron chi connectivity index (χ0n) is 11.2. The second-order valence-corrected chi connectivity index (χ2v) is 5.08. The van der Waals surface area contributed by atoms with Gasteiger partial charge in [-0.25, -0.2) is 0 Å². The molecule has 0 aromatic carbocycles. The van der Waals surface area contributed by atoms with Gasteiger partial charge in [-0.3, -0.25) is 4.79 Å². The van der Waals surface area contributed by atoms with Crippen molar-refractivity contribution < 1.29 is 9.53 Å². The summed E-state index contributed by atoms with van der Waals surface area (Å²) >= 11 is 0. The Morgan fingerprint density at radius 2 is 2.29 bits per heavy atom. The maximum atomic E-state index is 12.2. The fourth-order valence-electron chi connectivity index (χ4n) is 2.58. The quantitative estimate of drug-likeness (QED) is 0.765. The zero-order valence-corrected chi connectivity index (χ0v) is 11.2. The maximum Gasteiger partial charge on any atom is 0.223 e. The number of hydrogen-bond donors (Lipinski definition) is 1. The molecule has 2 atom stereocenters. The number of rotatable bonds is 6. The summed E-state index contributed by atoms with van der Waals surface area (Å²) in [7, 11) is 1.68. The van der Waals surface area contributed by atoms with Crippen molar-refractivity contribution in [3.63, 3.8) is 0 Å². The molecule has 1 fully saturated rings. The van der Waals surface area contributed by atoms with E-state index in [-0.39, 0.29) is 5.91 Å². The molecule has 0 bridgehead atoms. The van der Waals surface area contributed by atoms with E-state index in [1.807, 2.05) is 4.90 Å².